The molecule has 0 aliphatic heterocycles. The van der Waals surface area contributed by atoms with Crippen LogP contribution < -0.4 is 0 Å². The molecule has 1 aromatic carbocycles. The first kappa shape index (κ1) is 10.9. The molecule has 0 heterocycles. The number of benzene rings is 1. The second kappa shape index (κ2) is 4.88. The smallest absolute Gasteiger partial charge is 0.140 e. The molecule has 3 atom stereocenters. The molecule has 3 unspecified atom stereocenters. The van der Waals surface area contributed by atoms with E-state index in [1.54, 1.807) is 24.3 Å². The van der Waals surface area contributed by atoms with Crippen LogP contribution in [0.25, 0.3) is 0 Å². The van der Waals surface area contributed by atoms with E-state index in [0.29, 0.717) is 5.56 Å². The van der Waals surface area contributed by atoms with Gasteiger partial charge in [-0.2, -0.15) is 0 Å². The van der Waals surface area contributed by atoms with Gasteiger partial charge in [-0.3, -0.25) is 0 Å². The first-order chi connectivity index (χ1) is 6.13. The minimum atomic E-state index is -1.22. The summed E-state index contributed by atoms with van der Waals surface area (Å²) >= 11 is 1.81. The van der Waals surface area contributed by atoms with Crippen molar-refractivity contribution in [3.05, 3.63) is 35.9 Å². The lowest BCUT2D eigenvalue weighted by molar-refractivity contribution is 0.254. The molecule has 13 heavy (non-hydrogen) atoms. The predicted molar refractivity (Wildman–Crippen MR) is 58.7 cm³/mol. The fraction of sp³-hybridized carbons (Fsp3) is 0.400. The summed E-state index contributed by atoms with van der Waals surface area (Å²) in [5.74, 6) is 0. The number of hydrogen-bond acceptors (Lipinski definition) is 0. The van der Waals surface area contributed by atoms with E-state index in [1.165, 1.54) is 6.92 Å². The second-order valence-electron chi connectivity index (χ2n) is 2.93. The van der Waals surface area contributed by atoms with Crippen molar-refractivity contribution < 1.29 is 8.78 Å². The third-order valence-corrected chi connectivity index (χ3v) is 3.46. The number of halogens is 3. The van der Waals surface area contributed by atoms with E-state index in [2.05, 4.69) is 0 Å². The molecule has 0 saturated heterocycles. The molecule has 0 aromatic heterocycles. The zero-order chi connectivity index (χ0) is 9.84. The third-order valence-electron chi connectivity index (χ3n) is 1.84. The predicted octanol–water partition coefficient (Wildman–Crippen LogP) is 3.86. The summed E-state index contributed by atoms with van der Waals surface area (Å²) in [6.07, 6.45) is -2.35. The largest absolute Gasteiger partial charge is 0.247 e. The maximum atomic E-state index is 13.5. The van der Waals surface area contributed by atoms with Gasteiger partial charge in [0.25, 0.3) is 0 Å². The molecule has 1 rings (SSSR count). The van der Waals surface area contributed by atoms with E-state index in [4.69, 9.17) is 0 Å². The summed E-state index contributed by atoms with van der Waals surface area (Å²) in [5, 5.41) is 0. The van der Waals surface area contributed by atoms with Crippen molar-refractivity contribution in [3.8, 4) is 0 Å². The molecule has 0 amide bonds. The standard InChI is InChI=1S/C10H11F2I/c1-7(11)10(13)9(12)8-5-3-2-4-6-8/h2-7,9-10H,1H3. The van der Waals surface area contributed by atoms with Gasteiger partial charge in [0.15, 0.2) is 0 Å². The van der Waals surface area contributed by atoms with Gasteiger partial charge in [0.05, 0.1) is 3.92 Å². The highest BCUT2D eigenvalue weighted by molar-refractivity contribution is 14.1. The van der Waals surface area contributed by atoms with E-state index < -0.39 is 16.3 Å². The minimum Gasteiger partial charge on any atom is -0.247 e. The fourth-order valence-corrected chi connectivity index (χ4v) is 1.47. The molecular formula is C10H11F2I. The van der Waals surface area contributed by atoms with Crippen LogP contribution in [0.5, 0.6) is 0 Å². The molecule has 1 aromatic rings. The van der Waals surface area contributed by atoms with Crippen LogP contribution in [0.3, 0.4) is 0 Å². The van der Waals surface area contributed by atoms with Crippen LogP contribution in [0.2, 0.25) is 0 Å². The fourth-order valence-electron chi connectivity index (χ4n) is 1.05. The molecule has 0 N–H and O–H groups in total. The van der Waals surface area contributed by atoms with E-state index >= 15 is 0 Å². The van der Waals surface area contributed by atoms with E-state index in [0.717, 1.165) is 0 Å². The molecule has 0 aliphatic carbocycles. The zero-order valence-corrected chi connectivity index (χ0v) is 9.41. The average molecular weight is 296 g/mol. The van der Waals surface area contributed by atoms with Gasteiger partial charge in [-0.1, -0.05) is 52.9 Å². The minimum absolute atomic E-state index is 0.548. The van der Waals surface area contributed by atoms with Crippen LogP contribution >= 0.6 is 22.6 Å². The van der Waals surface area contributed by atoms with Gasteiger partial charge in [0.1, 0.15) is 12.3 Å². The number of alkyl halides is 3. The quantitative estimate of drug-likeness (QED) is 0.587. The molecule has 72 valence electrons. The molecule has 0 radical (unpaired) electrons. The van der Waals surface area contributed by atoms with Crippen molar-refractivity contribution in [1.82, 2.24) is 0 Å². The van der Waals surface area contributed by atoms with Crippen molar-refractivity contribution >= 4 is 22.6 Å². The molecular weight excluding hydrogens is 285 g/mol. The van der Waals surface area contributed by atoms with E-state index in [-0.39, 0.29) is 0 Å². The van der Waals surface area contributed by atoms with Crippen molar-refractivity contribution in [3.63, 3.8) is 0 Å². The summed E-state index contributed by atoms with van der Waals surface area (Å²) in [4.78, 5) is 0. The Balaban J connectivity index is 2.73. The Kier molecular flexibility index (Phi) is 4.09. The van der Waals surface area contributed by atoms with Crippen LogP contribution in [-0.2, 0) is 0 Å². The highest BCUT2D eigenvalue weighted by atomic mass is 127. The van der Waals surface area contributed by atoms with Crippen molar-refractivity contribution in [2.24, 2.45) is 0 Å². The Labute approximate surface area is 90.5 Å². The Bertz CT molecular complexity index is 248. The first-order valence-corrected chi connectivity index (χ1v) is 5.34. The Morgan fingerprint density at radius 2 is 1.69 bits per heavy atom. The van der Waals surface area contributed by atoms with Gasteiger partial charge in [0.2, 0.25) is 0 Å². The summed E-state index contributed by atoms with van der Waals surface area (Å²) in [6, 6.07) is 8.69. The van der Waals surface area contributed by atoms with E-state index in [1.807, 2.05) is 28.7 Å². The highest BCUT2D eigenvalue weighted by Crippen LogP contribution is 2.30. The maximum Gasteiger partial charge on any atom is 0.140 e. The molecule has 0 nitrogen and oxygen atoms in total. The Hall–Kier alpha value is -0.190. The van der Waals surface area contributed by atoms with Crippen LogP contribution in [0.15, 0.2) is 30.3 Å². The topological polar surface area (TPSA) is 0 Å². The monoisotopic (exact) mass is 296 g/mol. The van der Waals surface area contributed by atoms with Crippen LogP contribution in [0.4, 0.5) is 8.78 Å². The lowest BCUT2D eigenvalue weighted by atomic mass is 10.1. The van der Waals surface area contributed by atoms with Crippen LogP contribution in [0.1, 0.15) is 18.7 Å². The van der Waals surface area contributed by atoms with Crippen molar-refractivity contribution in [1.29, 1.82) is 0 Å². The molecule has 3 heteroatoms. The van der Waals surface area contributed by atoms with Gasteiger partial charge in [0, 0.05) is 0 Å². The summed E-state index contributed by atoms with van der Waals surface area (Å²) in [5.41, 5.74) is 0.548. The van der Waals surface area contributed by atoms with E-state index in [9.17, 15) is 8.78 Å². The number of rotatable bonds is 3. The second-order valence-corrected chi connectivity index (χ2v) is 4.37. The van der Waals surface area contributed by atoms with Crippen molar-refractivity contribution in [2.45, 2.75) is 23.2 Å². The SMILES string of the molecule is CC(F)C(I)C(F)c1ccccc1. The lowest BCUT2D eigenvalue weighted by Gasteiger charge is -2.16. The highest BCUT2D eigenvalue weighted by Gasteiger charge is 2.24. The molecule has 0 bridgehead atoms. The molecule has 0 fully saturated rings. The normalized spacial score (nSPS) is 17.8. The first-order valence-electron chi connectivity index (χ1n) is 4.10. The van der Waals surface area contributed by atoms with Gasteiger partial charge in [-0.15, -0.1) is 0 Å². The molecule has 0 aliphatic rings. The molecule has 0 spiro atoms. The Morgan fingerprint density at radius 3 is 2.15 bits per heavy atom. The summed E-state index contributed by atoms with van der Waals surface area (Å²) in [7, 11) is 0. The zero-order valence-electron chi connectivity index (χ0n) is 7.25. The van der Waals surface area contributed by atoms with Crippen LogP contribution in [0, 0.1) is 0 Å². The van der Waals surface area contributed by atoms with Gasteiger partial charge in [-0.05, 0) is 12.5 Å². The average Bonchev–Trinajstić information content (AvgIpc) is 2.17. The summed E-state index contributed by atoms with van der Waals surface area (Å²) < 4.78 is 25.7. The van der Waals surface area contributed by atoms with Gasteiger partial charge >= 0.3 is 0 Å². The van der Waals surface area contributed by atoms with Gasteiger partial charge < -0.3 is 0 Å². The Morgan fingerprint density at radius 1 is 1.15 bits per heavy atom. The molecule has 0 saturated carbocycles. The number of hydrogen-bond donors (Lipinski definition) is 0. The van der Waals surface area contributed by atoms with Crippen molar-refractivity contribution in [2.75, 3.05) is 0 Å². The summed E-state index contributed by atoms with van der Waals surface area (Å²) in [6.45, 7) is 1.38. The van der Waals surface area contributed by atoms with Crippen LogP contribution in [-0.4, -0.2) is 10.1 Å². The van der Waals surface area contributed by atoms with Gasteiger partial charge in [-0.25, -0.2) is 8.78 Å². The third kappa shape index (κ3) is 2.90. The maximum absolute atomic E-state index is 13.5. The lowest BCUT2D eigenvalue weighted by Crippen LogP contribution is -2.17.